The van der Waals surface area contributed by atoms with Crippen LogP contribution in [0.25, 0.3) is 62.1 Å². The second kappa shape index (κ2) is 13.5. The first kappa shape index (κ1) is 33.8. The Bertz CT molecular complexity index is 2810. The van der Waals surface area contributed by atoms with E-state index in [1.807, 2.05) is 24.4 Å². The lowest BCUT2D eigenvalue weighted by Crippen LogP contribution is -2.10. The number of hydrogen-bond acceptors (Lipinski definition) is 5. The lowest BCUT2D eigenvalue weighted by molar-refractivity contribution is 0.807. The molecule has 266 valence electrons. The predicted molar refractivity (Wildman–Crippen MR) is 221 cm³/mol. The molecule has 9 rings (SSSR count). The van der Waals surface area contributed by atoms with Gasteiger partial charge in [0, 0.05) is 27.1 Å². The summed E-state index contributed by atoms with van der Waals surface area (Å²) in [5.41, 5.74) is 12.4. The van der Waals surface area contributed by atoms with Crippen LogP contribution in [0.2, 0.25) is 0 Å². The number of imidazole rings is 2. The molecule has 0 spiro atoms. The van der Waals surface area contributed by atoms with E-state index in [0.29, 0.717) is 11.8 Å². The van der Waals surface area contributed by atoms with Crippen molar-refractivity contribution in [2.75, 3.05) is 0 Å². The molecule has 4 aromatic heterocycles. The molecule has 0 aliphatic carbocycles. The van der Waals surface area contributed by atoms with E-state index in [0.717, 1.165) is 77.4 Å². The highest BCUT2D eigenvalue weighted by Gasteiger charge is 2.25. The van der Waals surface area contributed by atoms with Crippen LogP contribution in [0.1, 0.15) is 61.8 Å². The molecule has 0 aliphatic heterocycles. The lowest BCUT2D eigenvalue weighted by Gasteiger charge is -2.23. The maximum atomic E-state index is 5.15. The minimum atomic E-state index is 0.311. The van der Waals surface area contributed by atoms with Gasteiger partial charge in [0.2, 0.25) is 5.78 Å². The first-order valence-electron chi connectivity index (χ1n) is 18.5. The summed E-state index contributed by atoms with van der Waals surface area (Å²) in [7, 11) is 0. The van der Waals surface area contributed by atoms with E-state index < -0.39 is 0 Å². The Hall–Kier alpha value is -5.99. The highest BCUT2D eigenvalue weighted by atomic mass is 32.2. The standard InChI is InChI=1S/C46H41N7S/c1-28(2)35-19-13-20-36(29(3)4)43(35)53-44(49-50-45(53)37-18-8-7-14-30(37)5)32-16-12-17-33(26-32)54-34-23-24-38-40(27-34)52(41-22-9-10-25-47-41)46-48-42-31(6)15-11-21-39(42)51(38)46/h7-29H,1-6H3. The number of aryl methyl sites for hydroxylation is 2. The van der Waals surface area contributed by atoms with Crippen LogP contribution >= 0.6 is 11.8 Å². The Balaban J connectivity index is 1.19. The lowest BCUT2D eigenvalue weighted by atomic mass is 9.92. The zero-order chi connectivity index (χ0) is 37.1. The molecule has 0 saturated carbocycles. The van der Waals surface area contributed by atoms with Crippen molar-refractivity contribution in [3.8, 4) is 34.3 Å². The molecule has 54 heavy (non-hydrogen) atoms. The van der Waals surface area contributed by atoms with Gasteiger partial charge in [-0.1, -0.05) is 112 Å². The maximum Gasteiger partial charge on any atom is 0.221 e. The molecule has 0 saturated heterocycles. The minimum absolute atomic E-state index is 0.311. The highest BCUT2D eigenvalue weighted by molar-refractivity contribution is 7.99. The topological polar surface area (TPSA) is 65.8 Å². The van der Waals surface area contributed by atoms with Gasteiger partial charge < -0.3 is 0 Å². The molecule has 0 N–H and O–H groups in total. The fourth-order valence-electron chi connectivity index (χ4n) is 7.66. The van der Waals surface area contributed by atoms with Crippen molar-refractivity contribution in [1.82, 2.24) is 33.7 Å². The molecule has 8 heteroatoms. The number of hydrogen-bond donors (Lipinski definition) is 0. The molecule has 0 aliphatic rings. The average molecular weight is 724 g/mol. The van der Waals surface area contributed by atoms with Crippen LogP contribution in [0.3, 0.4) is 0 Å². The van der Waals surface area contributed by atoms with E-state index >= 15 is 0 Å². The van der Waals surface area contributed by atoms with E-state index in [4.69, 9.17) is 20.2 Å². The summed E-state index contributed by atoms with van der Waals surface area (Å²) in [5.74, 6) is 3.98. The molecule has 0 unspecified atom stereocenters. The van der Waals surface area contributed by atoms with E-state index in [-0.39, 0.29) is 0 Å². The van der Waals surface area contributed by atoms with Gasteiger partial charge in [-0.15, -0.1) is 10.2 Å². The Morgan fingerprint density at radius 1 is 0.574 bits per heavy atom. The quantitative estimate of drug-likeness (QED) is 0.156. The van der Waals surface area contributed by atoms with Gasteiger partial charge in [-0.2, -0.15) is 0 Å². The molecule has 9 aromatic rings. The van der Waals surface area contributed by atoms with E-state index in [9.17, 15) is 0 Å². The van der Waals surface area contributed by atoms with Gasteiger partial charge in [0.25, 0.3) is 0 Å². The van der Waals surface area contributed by atoms with Crippen LogP contribution in [0.5, 0.6) is 0 Å². The Morgan fingerprint density at radius 2 is 1.28 bits per heavy atom. The van der Waals surface area contributed by atoms with Crippen molar-refractivity contribution in [3.63, 3.8) is 0 Å². The number of rotatable bonds is 8. The average Bonchev–Trinajstić information content (AvgIpc) is 3.87. The van der Waals surface area contributed by atoms with E-state index in [1.165, 1.54) is 16.8 Å². The zero-order valence-electron chi connectivity index (χ0n) is 31.3. The Morgan fingerprint density at radius 3 is 2.04 bits per heavy atom. The van der Waals surface area contributed by atoms with Crippen LogP contribution in [0.15, 0.2) is 137 Å². The number of para-hydroxylation sites is 2. The van der Waals surface area contributed by atoms with Gasteiger partial charge in [-0.25, -0.2) is 9.97 Å². The normalized spacial score (nSPS) is 11.9. The van der Waals surface area contributed by atoms with Gasteiger partial charge in [0.05, 0.1) is 27.8 Å². The smallest absolute Gasteiger partial charge is 0.221 e. The van der Waals surface area contributed by atoms with Gasteiger partial charge in [-0.3, -0.25) is 13.5 Å². The summed E-state index contributed by atoms with van der Waals surface area (Å²) < 4.78 is 6.73. The molecule has 0 fully saturated rings. The second-order valence-corrected chi connectivity index (χ2v) is 15.7. The van der Waals surface area contributed by atoms with Crippen LogP contribution < -0.4 is 0 Å². The van der Waals surface area contributed by atoms with Gasteiger partial charge in [0.15, 0.2) is 11.6 Å². The molecule has 7 nitrogen and oxygen atoms in total. The highest BCUT2D eigenvalue weighted by Crippen LogP contribution is 2.40. The molecule has 4 heterocycles. The molecule has 5 aromatic carbocycles. The molecular formula is C46H41N7S. The third kappa shape index (κ3) is 5.60. The largest absolute Gasteiger partial charge is 0.276 e. The van der Waals surface area contributed by atoms with Gasteiger partial charge in [0.1, 0.15) is 5.82 Å². The Labute approximate surface area is 319 Å². The van der Waals surface area contributed by atoms with Crippen molar-refractivity contribution < 1.29 is 0 Å². The van der Waals surface area contributed by atoms with Crippen molar-refractivity contribution in [1.29, 1.82) is 0 Å². The van der Waals surface area contributed by atoms with Crippen molar-refractivity contribution in [2.45, 2.75) is 63.2 Å². The number of aromatic nitrogens is 7. The van der Waals surface area contributed by atoms with Crippen molar-refractivity contribution in [2.24, 2.45) is 0 Å². The molecule has 0 bridgehead atoms. The molecule has 0 radical (unpaired) electrons. The number of nitrogens with zero attached hydrogens (tertiary/aromatic N) is 7. The zero-order valence-corrected chi connectivity index (χ0v) is 32.1. The fourth-order valence-corrected chi connectivity index (χ4v) is 8.57. The third-order valence-electron chi connectivity index (χ3n) is 10.3. The van der Waals surface area contributed by atoms with Crippen molar-refractivity contribution >= 4 is 39.6 Å². The second-order valence-electron chi connectivity index (χ2n) is 14.6. The minimum Gasteiger partial charge on any atom is -0.276 e. The van der Waals surface area contributed by atoms with Gasteiger partial charge >= 0.3 is 0 Å². The summed E-state index contributed by atoms with van der Waals surface area (Å²) in [6, 6.07) is 42.9. The fraction of sp³-hybridized carbons (Fsp3) is 0.174. The molecule has 0 amide bonds. The number of fused-ring (bicyclic) bond motifs is 5. The predicted octanol–water partition coefficient (Wildman–Crippen LogP) is 11.8. The molecule has 0 atom stereocenters. The van der Waals surface area contributed by atoms with Crippen LogP contribution in [-0.2, 0) is 0 Å². The van der Waals surface area contributed by atoms with Crippen LogP contribution in [-0.4, -0.2) is 33.7 Å². The van der Waals surface area contributed by atoms with Gasteiger partial charge in [-0.05, 0) is 96.5 Å². The number of pyridine rings is 1. The molecular weight excluding hydrogens is 683 g/mol. The summed E-state index contributed by atoms with van der Waals surface area (Å²) in [6.07, 6.45) is 1.84. The van der Waals surface area contributed by atoms with Crippen molar-refractivity contribution in [3.05, 3.63) is 150 Å². The Kier molecular flexibility index (Phi) is 8.43. The number of benzene rings is 5. The summed E-state index contributed by atoms with van der Waals surface area (Å²) in [4.78, 5) is 12.1. The van der Waals surface area contributed by atoms with E-state index in [1.54, 1.807) is 11.8 Å². The monoisotopic (exact) mass is 723 g/mol. The summed E-state index contributed by atoms with van der Waals surface area (Å²) >= 11 is 1.74. The third-order valence-corrected chi connectivity index (χ3v) is 11.3. The maximum absolute atomic E-state index is 5.15. The van der Waals surface area contributed by atoms with Crippen LogP contribution in [0, 0.1) is 13.8 Å². The van der Waals surface area contributed by atoms with E-state index in [2.05, 4.69) is 158 Å². The van der Waals surface area contributed by atoms with Crippen LogP contribution in [0.4, 0.5) is 0 Å². The SMILES string of the molecule is Cc1ccccc1-c1nnc(-c2cccc(Sc3ccc4c(c3)n(-c3ccccn3)c3nc5c(C)cccc5n43)c2)n1-c1c(C(C)C)cccc1C(C)C. The summed E-state index contributed by atoms with van der Waals surface area (Å²) in [5, 5.41) is 9.87. The first-order chi connectivity index (χ1) is 26.3. The first-order valence-corrected chi connectivity index (χ1v) is 19.4. The summed E-state index contributed by atoms with van der Waals surface area (Å²) in [6.45, 7) is 13.3.